The van der Waals surface area contributed by atoms with Crippen LogP contribution in [-0.4, -0.2) is 30.4 Å². The van der Waals surface area contributed by atoms with Crippen LogP contribution >= 0.6 is 0 Å². The topological polar surface area (TPSA) is 119 Å². The van der Waals surface area contributed by atoms with Gasteiger partial charge in [0.1, 0.15) is 5.82 Å². The summed E-state index contributed by atoms with van der Waals surface area (Å²) in [5.41, 5.74) is 12.6. The molecule has 1 heterocycles. The van der Waals surface area contributed by atoms with Crippen LogP contribution in [0.3, 0.4) is 0 Å². The smallest absolute Gasteiger partial charge is 0.251 e. The van der Waals surface area contributed by atoms with Gasteiger partial charge >= 0.3 is 0 Å². The SMILES string of the molecule is N#C[C@@H](CC(=O)C1(N)CCOCC1)Cc1ccc(-c2ccc(C(N)=O)c(F)c2)cc1. The average Bonchev–Trinajstić information content (AvgIpc) is 2.74. The highest BCUT2D eigenvalue weighted by Gasteiger charge is 2.36. The van der Waals surface area contributed by atoms with Gasteiger partial charge in [-0.1, -0.05) is 30.3 Å². The molecule has 0 spiro atoms. The summed E-state index contributed by atoms with van der Waals surface area (Å²) >= 11 is 0. The molecular formula is C23H24FN3O3. The second-order valence-corrected chi connectivity index (χ2v) is 7.68. The van der Waals surface area contributed by atoms with E-state index >= 15 is 0 Å². The molecule has 1 saturated heterocycles. The van der Waals surface area contributed by atoms with E-state index in [0.717, 1.165) is 11.1 Å². The first-order valence-corrected chi connectivity index (χ1v) is 9.80. The number of halogens is 1. The minimum absolute atomic E-state index is 0.0982. The van der Waals surface area contributed by atoms with Gasteiger partial charge in [0, 0.05) is 19.6 Å². The van der Waals surface area contributed by atoms with E-state index in [1.54, 1.807) is 6.07 Å². The summed E-state index contributed by atoms with van der Waals surface area (Å²) in [4.78, 5) is 23.8. The highest BCUT2D eigenvalue weighted by atomic mass is 19.1. The van der Waals surface area contributed by atoms with Gasteiger partial charge in [-0.3, -0.25) is 9.59 Å². The minimum atomic E-state index is -0.904. The molecule has 3 rings (SSSR count). The van der Waals surface area contributed by atoms with Crippen LogP contribution in [0.4, 0.5) is 4.39 Å². The zero-order valence-electron chi connectivity index (χ0n) is 16.6. The number of rotatable bonds is 7. The Morgan fingerprint density at radius 3 is 2.33 bits per heavy atom. The fourth-order valence-electron chi connectivity index (χ4n) is 3.62. The van der Waals surface area contributed by atoms with E-state index in [1.807, 2.05) is 24.3 Å². The second kappa shape index (κ2) is 9.16. The first-order valence-electron chi connectivity index (χ1n) is 9.80. The van der Waals surface area contributed by atoms with Crippen LogP contribution < -0.4 is 11.5 Å². The first kappa shape index (κ1) is 21.6. The zero-order valence-corrected chi connectivity index (χ0v) is 16.6. The van der Waals surface area contributed by atoms with Crippen molar-refractivity contribution in [3.8, 4) is 17.2 Å². The number of ether oxygens (including phenoxy) is 1. The van der Waals surface area contributed by atoms with Crippen LogP contribution in [0.5, 0.6) is 0 Å². The molecule has 2 aromatic carbocycles. The number of nitriles is 1. The number of carbonyl (C=O) groups excluding carboxylic acids is 2. The molecule has 1 atom stereocenters. The molecule has 0 aromatic heterocycles. The van der Waals surface area contributed by atoms with Crippen molar-refractivity contribution in [2.24, 2.45) is 17.4 Å². The number of nitrogens with two attached hydrogens (primary N) is 2. The maximum atomic E-state index is 14.0. The number of ketones is 1. The van der Waals surface area contributed by atoms with E-state index in [0.29, 0.717) is 38.0 Å². The van der Waals surface area contributed by atoms with Gasteiger partial charge in [-0.2, -0.15) is 5.26 Å². The number of hydrogen-bond acceptors (Lipinski definition) is 5. The summed E-state index contributed by atoms with van der Waals surface area (Å²) in [7, 11) is 0. The van der Waals surface area contributed by atoms with E-state index in [2.05, 4.69) is 6.07 Å². The molecule has 2 aromatic rings. The molecule has 1 amide bonds. The van der Waals surface area contributed by atoms with Gasteiger partial charge in [-0.25, -0.2) is 4.39 Å². The third kappa shape index (κ3) is 4.90. The minimum Gasteiger partial charge on any atom is -0.381 e. The predicted octanol–water partition coefficient (Wildman–Crippen LogP) is 2.74. The summed E-state index contributed by atoms with van der Waals surface area (Å²) < 4.78 is 19.3. The maximum absolute atomic E-state index is 14.0. The lowest BCUT2D eigenvalue weighted by Crippen LogP contribution is -2.52. The Balaban J connectivity index is 1.67. The Morgan fingerprint density at radius 1 is 1.13 bits per heavy atom. The van der Waals surface area contributed by atoms with E-state index < -0.39 is 23.2 Å². The Kier molecular flexibility index (Phi) is 6.60. The van der Waals surface area contributed by atoms with E-state index in [9.17, 15) is 19.2 Å². The predicted molar refractivity (Wildman–Crippen MR) is 110 cm³/mol. The molecule has 1 aliphatic rings. The Hall–Kier alpha value is -3.08. The average molecular weight is 409 g/mol. The fraction of sp³-hybridized carbons (Fsp3) is 0.348. The summed E-state index contributed by atoms with van der Waals surface area (Å²) in [6, 6.07) is 13.8. The highest BCUT2D eigenvalue weighted by molar-refractivity contribution is 5.93. The monoisotopic (exact) mass is 409 g/mol. The van der Waals surface area contributed by atoms with Gasteiger partial charge in [0.05, 0.1) is 23.1 Å². The number of Topliss-reactive ketones (excluding diaryl/α,β-unsaturated/α-hetero) is 1. The third-order valence-electron chi connectivity index (χ3n) is 5.56. The standard InChI is InChI=1S/C23H24FN3O3/c24-20-13-18(5-6-19(20)22(26)29)17-3-1-15(2-4-17)11-16(14-25)12-21(28)23(27)7-9-30-10-8-23/h1-6,13,16H,7-12,27H2,(H2,26,29)/t16-/m1/s1. The van der Waals surface area contributed by atoms with Crippen LogP contribution in [0, 0.1) is 23.1 Å². The quantitative estimate of drug-likeness (QED) is 0.729. The van der Waals surface area contributed by atoms with Crippen molar-refractivity contribution in [2.75, 3.05) is 13.2 Å². The van der Waals surface area contributed by atoms with Crippen LogP contribution in [0.1, 0.15) is 35.2 Å². The molecule has 7 heteroatoms. The molecule has 0 aliphatic carbocycles. The van der Waals surface area contributed by atoms with Crippen molar-refractivity contribution < 1.29 is 18.7 Å². The van der Waals surface area contributed by atoms with Gasteiger partial charge in [0.2, 0.25) is 0 Å². The maximum Gasteiger partial charge on any atom is 0.251 e. The van der Waals surface area contributed by atoms with Crippen molar-refractivity contribution in [1.29, 1.82) is 5.26 Å². The number of carbonyl (C=O) groups is 2. The van der Waals surface area contributed by atoms with Gasteiger partial charge in [-0.05, 0) is 48.1 Å². The molecule has 1 fully saturated rings. The lowest BCUT2D eigenvalue weighted by Gasteiger charge is -2.32. The number of benzene rings is 2. The number of nitrogens with zero attached hydrogens (tertiary/aromatic N) is 1. The van der Waals surface area contributed by atoms with E-state index in [4.69, 9.17) is 16.2 Å². The van der Waals surface area contributed by atoms with Crippen molar-refractivity contribution in [1.82, 2.24) is 0 Å². The van der Waals surface area contributed by atoms with E-state index in [-0.39, 0.29) is 17.8 Å². The summed E-state index contributed by atoms with van der Waals surface area (Å²) in [5, 5.41) is 9.51. The van der Waals surface area contributed by atoms with Gasteiger partial charge in [0.15, 0.2) is 5.78 Å². The molecule has 1 aliphatic heterocycles. The van der Waals surface area contributed by atoms with Crippen molar-refractivity contribution in [3.63, 3.8) is 0 Å². The lowest BCUT2D eigenvalue weighted by molar-refractivity contribution is -0.128. The van der Waals surface area contributed by atoms with Gasteiger partial charge in [0.25, 0.3) is 5.91 Å². The van der Waals surface area contributed by atoms with Crippen LogP contribution in [0.2, 0.25) is 0 Å². The van der Waals surface area contributed by atoms with Crippen LogP contribution in [0.15, 0.2) is 42.5 Å². The fourth-order valence-corrected chi connectivity index (χ4v) is 3.62. The normalized spacial score (nSPS) is 16.4. The summed E-state index contributed by atoms with van der Waals surface area (Å²) in [6.45, 7) is 0.921. The molecule has 4 N–H and O–H groups in total. The second-order valence-electron chi connectivity index (χ2n) is 7.68. The number of hydrogen-bond donors (Lipinski definition) is 2. The Labute approximate surface area is 174 Å². The number of amides is 1. The summed E-state index contributed by atoms with van der Waals surface area (Å²) in [6.07, 6.45) is 1.48. The largest absolute Gasteiger partial charge is 0.381 e. The van der Waals surface area contributed by atoms with Crippen molar-refractivity contribution >= 4 is 11.7 Å². The van der Waals surface area contributed by atoms with Gasteiger partial charge < -0.3 is 16.2 Å². The van der Waals surface area contributed by atoms with Crippen LogP contribution in [0.25, 0.3) is 11.1 Å². The van der Waals surface area contributed by atoms with Crippen LogP contribution in [-0.2, 0) is 16.0 Å². The molecule has 0 radical (unpaired) electrons. The lowest BCUT2D eigenvalue weighted by atomic mass is 9.81. The Morgan fingerprint density at radius 2 is 1.77 bits per heavy atom. The van der Waals surface area contributed by atoms with Gasteiger partial charge in [-0.15, -0.1) is 0 Å². The Bertz CT molecular complexity index is 976. The molecule has 0 saturated carbocycles. The highest BCUT2D eigenvalue weighted by Crippen LogP contribution is 2.26. The first-order chi connectivity index (χ1) is 14.3. The molecule has 156 valence electrons. The number of primary amides is 1. The summed E-state index contributed by atoms with van der Waals surface area (Å²) in [5.74, 6) is -2.06. The zero-order chi connectivity index (χ0) is 21.7. The molecule has 0 unspecified atom stereocenters. The third-order valence-corrected chi connectivity index (χ3v) is 5.56. The molecule has 30 heavy (non-hydrogen) atoms. The van der Waals surface area contributed by atoms with Crippen molar-refractivity contribution in [3.05, 3.63) is 59.4 Å². The van der Waals surface area contributed by atoms with Crippen molar-refractivity contribution in [2.45, 2.75) is 31.2 Å². The van der Waals surface area contributed by atoms with E-state index in [1.165, 1.54) is 12.1 Å². The molecule has 6 nitrogen and oxygen atoms in total. The molecular weight excluding hydrogens is 385 g/mol. The molecule has 0 bridgehead atoms.